The second-order valence-corrected chi connectivity index (χ2v) is 9.16. The molecule has 146 valence electrons. The van der Waals surface area contributed by atoms with Crippen molar-refractivity contribution in [2.24, 2.45) is 0 Å². The molecular formula is C18H28N2O5S. The van der Waals surface area contributed by atoms with E-state index in [-0.39, 0.29) is 4.90 Å². The zero-order valence-electron chi connectivity index (χ0n) is 16.0. The minimum atomic E-state index is -3.80. The van der Waals surface area contributed by atoms with Crippen molar-refractivity contribution in [3.8, 4) is 0 Å². The third-order valence-electron chi connectivity index (χ3n) is 3.95. The van der Waals surface area contributed by atoms with Crippen LogP contribution in [0.1, 0.15) is 44.7 Å². The normalized spacial score (nSPS) is 17.1. The number of benzene rings is 1. The van der Waals surface area contributed by atoms with Gasteiger partial charge in [-0.25, -0.2) is 9.80 Å². The number of ether oxygens (including phenoxy) is 1. The number of amides is 1. The molecule has 0 atom stereocenters. The zero-order chi connectivity index (χ0) is 19.5. The number of nitrogens with zero attached hydrogens (tertiary/aromatic N) is 1. The van der Waals surface area contributed by atoms with Crippen LogP contribution in [0.15, 0.2) is 23.1 Å². The molecule has 0 unspecified atom stereocenters. The van der Waals surface area contributed by atoms with Gasteiger partial charge in [0.2, 0.25) is 0 Å². The van der Waals surface area contributed by atoms with Crippen molar-refractivity contribution in [1.29, 1.82) is 0 Å². The van der Waals surface area contributed by atoms with Gasteiger partial charge < -0.3 is 4.74 Å². The van der Waals surface area contributed by atoms with Crippen LogP contribution in [0, 0.1) is 13.8 Å². The largest absolute Gasteiger partial charge is 0.443 e. The lowest BCUT2D eigenvalue weighted by Gasteiger charge is -2.32. The Labute approximate surface area is 155 Å². The van der Waals surface area contributed by atoms with E-state index in [1.165, 1.54) is 0 Å². The van der Waals surface area contributed by atoms with Gasteiger partial charge in [0, 0.05) is 13.1 Å². The molecule has 1 fully saturated rings. The molecule has 0 aliphatic carbocycles. The van der Waals surface area contributed by atoms with Gasteiger partial charge in [0.25, 0.3) is 10.1 Å². The number of carbonyl (C=O) groups excluding carboxylic acids is 1. The van der Waals surface area contributed by atoms with E-state index in [9.17, 15) is 13.2 Å². The predicted molar refractivity (Wildman–Crippen MR) is 98.2 cm³/mol. The molecule has 0 spiro atoms. The summed E-state index contributed by atoms with van der Waals surface area (Å²) in [7, 11) is -3.80. The molecule has 26 heavy (non-hydrogen) atoms. The van der Waals surface area contributed by atoms with Crippen molar-refractivity contribution in [3.05, 3.63) is 29.3 Å². The van der Waals surface area contributed by atoms with Gasteiger partial charge in [0.15, 0.2) is 0 Å². The van der Waals surface area contributed by atoms with E-state index in [1.54, 1.807) is 44.8 Å². The van der Waals surface area contributed by atoms with Gasteiger partial charge in [-0.1, -0.05) is 17.7 Å². The molecule has 1 amide bonds. The first-order valence-corrected chi connectivity index (χ1v) is 10.1. The molecule has 1 aliphatic rings. The van der Waals surface area contributed by atoms with Gasteiger partial charge in [-0.2, -0.15) is 8.42 Å². The lowest BCUT2D eigenvalue weighted by atomic mass is 10.1. The maximum atomic E-state index is 12.5. The van der Waals surface area contributed by atoms with Crippen LogP contribution in [0.5, 0.6) is 0 Å². The first-order chi connectivity index (χ1) is 12.0. The third kappa shape index (κ3) is 5.96. The summed E-state index contributed by atoms with van der Waals surface area (Å²) in [5.41, 5.74) is 3.79. The van der Waals surface area contributed by atoms with Crippen molar-refractivity contribution in [3.63, 3.8) is 0 Å². The van der Waals surface area contributed by atoms with Crippen molar-refractivity contribution >= 4 is 16.2 Å². The molecule has 1 heterocycles. The smallest absolute Gasteiger partial charge is 0.422 e. The number of hydrogen-bond acceptors (Lipinski definition) is 6. The Morgan fingerprint density at radius 3 is 2.35 bits per heavy atom. The van der Waals surface area contributed by atoms with Crippen LogP contribution in [-0.2, 0) is 19.0 Å². The number of nitrogens with one attached hydrogen (secondary N) is 1. The SMILES string of the molecule is Cc1ccc(S(=O)(=O)OC2CCN(NC(=O)OC(C)(C)C)CC2)c(C)c1. The van der Waals surface area contributed by atoms with Crippen molar-refractivity contribution in [2.45, 2.75) is 64.1 Å². The number of hydrogen-bond donors (Lipinski definition) is 1. The van der Waals surface area contributed by atoms with Gasteiger partial charge >= 0.3 is 6.09 Å². The Balaban J connectivity index is 1.89. The zero-order valence-corrected chi connectivity index (χ0v) is 16.9. The Bertz CT molecular complexity index is 747. The van der Waals surface area contributed by atoms with Crippen LogP contribution in [0.4, 0.5) is 4.79 Å². The molecule has 2 rings (SSSR count). The van der Waals surface area contributed by atoms with E-state index >= 15 is 0 Å². The maximum Gasteiger partial charge on any atom is 0.422 e. The summed E-state index contributed by atoms with van der Waals surface area (Å²) in [5, 5.41) is 1.72. The van der Waals surface area contributed by atoms with Crippen LogP contribution in [0.3, 0.4) is 0 Å². The van der Waals surface area contributed by atoms with Gasteiger partial charge in [-0.15, -0.1) is 0 Å². The fraction of sp³-hybridized carbons (Fsp3) is 0.611. The minimum Gasteiger partial charge on any atom is -0.443 e. The second-order valence-electron chi connectivity index (χ2n) is 7.62. The molecular weight excluding hydrogens is 356 g/mol. The Kier molecular flexibility index (Phi) is 6.31. The highest BCUT2D eigenvalue weighted by Gasteiger charge is 2.28. The van der Waals surface area contributed by atoms with E-state index in [2.05, 4.69) is 5.43 Å². The number of piperidine rings is 1. The monoisotopic (exact) mass is 384 g/mol. The summed E-state index contributed by atoms with van der Waals surface area (Å²) in [6.07, 6.45) is 0.0806. The van der Waals surface area contributed by atoms with Crippen LogP contribution in [0.2, 0.25) is 0 Å². The summed E-state index contributed by atoms with van der Waals surface area (Å²) < 4.78 is 35.7. The molecule has 0 bridgehead atoms. The summed E-state index contributed by atoms with van der Waals surface area (Å²) in [5.74, 6) is 0. The Hall–Kier alpha value is -1.64. The molecule has 1 aliphatic heterocycles. The minimum absolute atomic E-state index is 0.206. The highest BCUT2D eigenvalue weighted by Crippen LogP contribution is 2.23. The Morgan fingerprint density at radius 2 is 1.81 bits per heavy atom. The molecule has 1 aromatic rings. The van der Waals surface area contributed by atoms with E-state index in [4.69, 9.17) is 8.92 Å². The van der Waals surface area contributed by atoms with Crippen LogP contribution in [0.25, 0.3) is 0 Å². The van der Waals surface area contributed by atoms with Gasteiger partial charge in [-0.3, -0.25) is 9.61 Å². The third-order valence-corrected chi connectivity index (χ3v) is 5.48. The molecule has 8 heteroatoms. The lowest BCUT2D eigenvalue weighted by Crippen LogP contribution is -2.49. The first kappa shape index (κ1) is 20.7. The summed E-state index contributed by atoms with van der Waals surface area (Å²) in [6, 6.07) is 5.17. The maximum absolute atomic E-state index is 12.5. The van der Waals surface area contributed by atoms with Gasteiger partial charge in [-0.05, 0) is 59.1 Å². The van der Waals surface area contributed by atoms with Crippen molar-refractivity contribution < 1.29 is 22.1 Å². The van der Waals surface area contributed by atoms with Gasteiger partial charge in [0.05, 0.1) is 11.0 Å². The van der Waals surface area contributed by atoms with E-state index in [1.807, 2.05) is 13.0 Å². The highest BCUT2D eigenvalue weighted by molar-refractivity contribution is 7.86. The van der Waals surface area contributed by atoms with Crippen molar-refractivity contribution in [2.75, 3.05) is 13.1 Å². The quantitative estimate of drug-likeness (QED) is 0.804. The Morgan fingerprint density at radius 1 is 1.19 bits per heavy atom. The van der Waals surface area contributed by atoms with Crippen molar-refractivity contribution in [1.82, 2.24) is 10.4 Å². The van der Waals surface area contributed by atoms with E-state index < -0.39 is 27.9 Å². The number of hydrazine groups is 1. The first-order valence-electron chi connectivity index (χ1n) is 8.71. The fourth-order valence-corrected chi connectivity index (χ4v) is 4.15. The molecule has 0 aromatic heterocycles. The number of rotatable bonds is 4. The number of carbonyl (C=O) groups is 1. The standard InChI is InChI=1S/C18H28N2O5S/c1-13-6-7-16(14(2)12-13)26(22,23)25-15-8-10-20(11-9-15)19-17(21)24-18(3,4)5/h6-7,12,15H,8-11H2,1-5H3,(H,19,21). The summed E-state index contributed by atoms with van der Waals surface area (Å²) in [6.45, 7) is 10.0. The fourth-order valence-electron chi connectivity index (χ4n) is 2.80. The van der Waals surface area contributed by atoms with Gasteiger partial charge in [0.1, 0.15) is 5.60 Å². The topological polar surface area (TPSA) is 84.9 Å². The molecule has 0 radical (unpaired) electrons. The molecule has 1 saturated heterocycles. The average Bonchev–Trinajstić information content (AvgIpc) is 2.46. The average molecular weight is 384 g/mol. The predicted octanol–water partition coefficient (Wildman–Crippen LogP) is 2.91. The van der Waals surface area contributed by atoms with E-state index in [0.29, 0.717) is 31.5 Å². The summed E-state index contributed by atoms with van der Waals surface area (Å²) >= 11 is 0. The molecule has 7 nitrogen and oxygen atoms in total. The lowest BCUT2D eigenvalue weighted by molar-refractivity contribution is 0.0198. The number of aryl methyl sites for hydroxylation is 2. The second kappa shape index (κ2) is 7.94. The van der Waals surface area contributed by atoms with Crippen LogP contribution >= 0.6 is 0 Å². The highest BCUT2D eigenvalue weighted by atomic mass is 32.2. The summed E-state index contributed by atoms with van der Waals surface area (Å²) in [4.78, 5) is 12.0. The van der Waals surface area contributed by atoms with Crippen LogP contribution in [-0.4, -0.2) is 44.3 Å². The van der Waals surface area contributed by atoms with E-state index in [0.717, 1.165) is 5.56 Å². The van der Waals surface area contributed by atoms with Crippen LogP contribution < -0.4 is 5.43 Å². The molecule has 1 aromatic carbocycles. The molecule has 0 saturated carbocycles. The molecule has 1 N–H and O–H groups in total.